The fourth-order valence-corrected chi connectivity index (χ4v) is 2.44. The van der Waals surface area contributed by atoms with E-state index in [0.717, 1.165) is 13.0 Å². The normalized spacial score (nSPS) is 13.4. The van der Waals surface area contributed by atoms with Crippen molar-refractivity contribution in [2.75, 3.05) is 6.54 Å². The predicted octanol–water partition coefficient (Wildman–Crippen LogP) is 2.74. The van der Waals surface area contributed by atoms with Gasteiger partial charge in [0.2, 0.25) is 0 Å². The van der Waals surface area contributed by atoms with Crippen molar-refractivity contribution < 1.29 is 14.7 Å². The average molecular weight is 314 g/mol. The first kappa shape index (κ1) is 21.1. The van der Waals surface area contributed by atoms with Gasteiger partial charge in [0.15, 0.2) is 5.78 Å². The number of hydrogen-bond donors (Lipinski definition) is 3. The molecule has 0 bridgehead atoms. The summed E-state index contributed by atoms with van der Waals surface area (Å²) in [6.45, 7) is 10.7. The first-order valence-corrected chi connectivity index (χ1v) is 8.48. The Balaban J connectivity index is 4.54. The van der Waals surface area contributed by atoms with E-state index in [1.54, 1.807) is 0 Å². The minimum atomic E-state index is -0.867. The molecule has 1 atom stereocenters. The number of carboxylic acid groups (broad SMARTS) is 1. The van der Waals surface area contributed by atoms with Gasteiger partial charge < -0.3 is 15.7 Å². The number of aliphatic carboxylic acids is 1. The highest BCUT2D eigenvalue weighted by Gasteiger charge is 2.33. The summed E-state index contributed by atoms with van der Waals surface area (Å²) in [5, 5.41) is 15.4. The van der Waals surface area contributed by atoms with Gasteiger partial charge in [-0.2, -0.15) is 0 Å². The van der Waals surface area contributed by atoms with Gasteiger partial charge in [0, 0.05) is 12.5 Å². The Bertz CT molecular complexity index is 341. The minimum Gasteiger partial charge on any atom is -0.481 e. The summed E-state index contributed by atoms with van der Waals surface area (Å²) < 4.78 is 0. The third-order valence-electron chi connectivity index (χ3n) is 3.71. The molecular weight excluding hydrogens is 280 g/mol. The smallest absolute Gasteiger partial charge is 0.303 e. The lowest BCUT2D eigenvalue weighted by Gasteiger charge is -2.31. The molecule has 0 spiro atoms. The van der Waals surface area contributed by atoms with Gasteiger partial charge in [-0.25, -0.2) is 0 Å². The Morgan fingerprint density at radius 3 is 2.27 bits per heavy atom. The first-order chi connectivity index (χ1) is 10.2. The molecule has 0 aliphatic carbocycles. The lowest BCUT2D eigenvalue weighted by Crippen LogP contribution is -2.56. The van der Waals surface area contributed by atoms with Crippen molar-refractivity contribution in [1.29, 1.82) is 0 Å². The van der Waals surface area contributed by atoms with Gasteiger partial charge in [-0.15, -0.1) is 0 Å². The summed E-state index contributed by atoms with van der Waals surface area (Å²) in [5.74, 6) is -0.827. The largest absolute Gasteiger partial charge is 0.481 e. The van der Waals surface area contributed by atoms with Crippen molar-refractivity contribution in [3.05, 3.63) is 0 Å². The summed E-state index contributed by atoms with van der Waals surface area (Å²) >= 11 is 0. The molecule has 5 heteroatoms. The number of hydrogen-bond acceptors (Lipinski definition) is 4. The van der Waals surface area contributed by atoms with Gasteiger partial charge in [-0.3, -0.25) is 9.59 Å². The van der Waals surface area contributed by atoms with Crippen LogP contribution in [0.15, 0.2) is 0 Å². The van der Waals surface area contributed by atoms with E-state index in [1.165, 1.54) is 19.3 Å². The van der Waals surface area contributed by atoms with Crippen LogP contribution in [-0.2, 0) is 9.59 Å². The lowest BCUT2D eigenvalue weighted by atomic mass is 9.90. The Morgan fingerprint density at radius 2 is 1.77 bits per heavy atom. The summed E-state index contributed by atoms with van der Waals surface area (Å²) in [6.07, 6.45) is 4.96. The number of rotatable bonds is 13. The van der Waals surface area contributed by atoms with E-state index in [-0.39, 0.29) is 18.2 Å². The number of carboxylic acids is 1. The molecule has 0 heterocycles. The Morgan fingerprint density at radius 1 is 1.14 bits per heavy atom. The molecule has 22 heavy (non-hydrogen) atoms. The number of unbranched alkanes of at least 4 members (excludes halogenated alkanes) is 3. The number of ketones is 1. The topological polar surface area (TPSA) is 78.4 Å². The molecule has 0 aliphatic rings. The van der Waals surface area contributed by atoms with E-state index >= 15 is 0 Å². The maximum absolute atomic E-state index is 12.7. The van der Waals surface area contributed by atoms with Crippen molar-refractivity contribution in [3.63, 3.8) is 0 Å². The summed E-state index contributed by atoms with van der Waals surface area (Å²) in [4.78, 5) is 23.5. The van der Waals surface area contributed by atoms with Crippen LogP contribution in [0.5, 0.6) is 0 Å². The summed E-state index contributed by atoms with van der Waals surface area (Å²) in [5.41, 5.74) is -0.642. The Labute approximate surface area is 135 Å². The van der Waals surface area contributed by atoms with Crippen LogP contribution in [0.4, 0.5) is 0 Å². The summed E-state index contributed by atoms with van der Waals surface area (Å²) in [7, 11) is 0. The molecule has 0 saturated carbocycles. The van der Waals surface area contributed by atoms with Crippen LogP contribution >= 0.6 is 0 Å². The van der Waals surface area contributed by atoms with Crippen molar-refractivity contribution in [2.45, 2.75) is 90.8 Å². The molecule has 0 aliphatic heterocycles. The van der Waals surface area contributed by atoms with E-state index in [0.29, 0.717) is 6.42 Å². The molecule has 0 rings (SSSR count). The zero-order valence-electron chi connectivity index (χ0n) is 14.9. The molecule has 130 valence electrons. The number of nitrogens with one attached hydrogen (secondary N) is 2. The van der Waals surface area contributed by atoms with Crippen LogP contribution in [0, 0.1) is 0 Å². The molecule has 3 N–H and O–H groups in total. The lowest BCUT2D eigenvalue weighted by molar-refractivity contribution is -0.137. The number of carbonyl (C=O) groups excluding carboxylic acids is 1. The van der Waals surface area contributed by atoms with Gasteiger partial charge in [-0.1, -0.05) is 40.0 Å². The number of carbonyl (C=O) groups is 2. The van der Waals surface area contributed by atoms with Crippen LogP contribution in [-0.4, -0.2) is 41.0 Å². The van der Waals surface area contributed by atoms with Crippen molar-refractivity contribution in [2.24, 2.45) is 0 Å². The first-order valence-electron chi connectivity index (χ1n) is 8.48. The van der Waals surface area contributed by atoms with Gasteiger partial charge in [0.25, 0.3) is 0 Å². The second-order valence-electron chi connectivity index (χ2n) is 6.78. The van der Waals surface area contributed by atoms with Crippen molar-refractivity contribution >= 4 is 11.8 Å². The fraction of sp³-hybridized carbons (Fsp3) is 0.882. The van der Waals surface area contributed by atoms with Gasteiger partial charge in [0.05, 0.1) is 11.6 Å². The molecular formula is C17H34N2O3. The zero-order valence-corrected chi connectivity index (χ0v) is 14.9. The predicted molar refractivity (Wildman–Crippen MR) is 90.2 cm³/mol. The van der Waals surface area contributed by atoms with E-state index in [4.69, 9.17) is 5.11 Å². The van der Waals surface area contributed by atoms with Gasteiger partial charge in [-0.05, 0) is 33.2 Å². The average Bonchev–Trinajstić information content (AvgIpc) is 2.41. The van der Waals surface area contributed by atoms with Crippen molar-refractivity contribution in [1.82, 2.24) is 10.6 Å². The minimum absolute atomic E-state index is 0.00269. The van der Waals surface area contributed by atoms with Gasteiger partial charge in [0.1, 0.15) is 0 Å². The molecule has 0 radical (unpaired) electrons. The third-order valence-corrected chi connectivity index (χ3v) is 3.71. The van der Waals surface area contributed by atoms with E-state index in [2.05, 4.69) is 17.6 Å². The van der Waals surface area contributed by atoms with E-state index in [1.807, 2.05) is 27.7 Å². The highest BCUT2D eigenvalue weighted by molar-refractivity contribution is 5.92. The molecule has 0 aromatic rings. The maximum Gasteiger partial charge on any atom is 0.303 e. The monoisotopic (exact) mass is 314 g/mol. The van der Waals surface area contributed by atoms with Crippen molar-refractivity contribution in [3.8, 4) is 0 Å². The number of Topliss-reactive ketones (excluding diaryl/α,β-unsaturated/α-hetero) is 1. The highest BCUT2D eigenvalue weighted by atomic mass is 16.4. The van der Waals surface area contributed by atoms with Crippen LogP contribution in [0.25, 0.3) is 0 Å². The molecule has 0 amide bonds. The second kappa shape index (κ2) is 10.7. The Kier molecular flexibility index (Phi) is 10.3. The van der Waals surface area contributed by atoms with Crippen LogP contribution in [0.1, 0.15) is 73.1 Å². The quantitative estimate of drug-likeness (QED) is 0.456. The second-order valence-corrected chi connectivity index (χ2v) is 6.78. The molecule has 0 aromatic heterocycles. The summed E-state index contributed by atoms with van der Waals surface area (Å²) in [6, 6.07) is -0.280. The molecule has 0 aromatic carbocycles. The van der Waals surface area contributed by atoms with Crippen LogP contribution in [0.2, 0.25) is 0 Å². The zero-order chi connectivity index (χ0) is 17.2. The Hall–Kier alpha value is -0.940. The van der Waals surface area contributed by atoms with Gasteiger partial charge >= 0.3 is 5.97 Å². The molecule has 1 unspecified atom stereocenters. The van der Waals surface area contributed by atoms with E-state index in [9.17, 15) is 9.59 Å². The SMILES string of the molecule is CCCCCCNC(C)(C)C(=O)C(CCC(=O)O)NC(C)C. The van der Waals surface area contributed by atoms with Crippen LogP contribution < -0.4 is 10.6 Å². The molecule has 0 fully saturated rings. The van der Waals surface area contributed by atoms with E-state index < -0.39 is 17.6 Å². The molecule has 5 nitrogen and oxygen atoms in total. The third kappa shape index (κ3) is 9.15. The molecule has 0 saturated heterocycles. The highest BCUT2D eigenvalue weighted by Crippen LogP contribution is 2.12. The van der Waals surface area contributed by atoms with Crippen LogP contribution in [0.3, 0.4) is 0 Å². The fourth-order valence-electron chi connectivity index (χ4n) is 2.44. The standard InChI is InChI=1S/C17H34N2O3/c1-6-7-8-9-12-18-17(4,5)16(22)14(19-13(2)3)10-11-15(20)21/h13-14,18-19H,6-12H2,1-5H3,(H,20,21). The maximum atomic E-state index is 12.7.